The lowest BCUT2D eigenvalue weighted by molar-refractivity contribution is 0.198. The largest absolute Gasteiger partial charge is 0.373 e. The molecule has 0 amide bonds. The minimum Gasteiger partial charge on any atom is -0.373 e. The van der Waals surface area contributed by atoms with Crippen LogP contribution < -0.4 is 10.2 Å². The fraction of sp³-hybridized carbons (Fsp3) is 0.500. The summed E-state index contributed by atoms with van der Waals surface area (Å²) in [6.45, 7) is 9.92. The van der Waals surface area contributed by atoms with Crippen LogP contribution in [-0.4, -0.2) is 60.5 Å². The fourth-order valence-corrected chi connectivity index (χ4v) is 9.80. The topological polar surface area (TPSA) is 125 Å². The zero-order chi connectivity index (χ0) is 29.2. The van der Waals surface area contributed by atoms with E-state index in [1.54, 1.807) is 63.7 Å². The first kappa shape index (κ1) is 32.3. The molecule has 3 aromatic rings. The summed E-state index contributed by atoms with van der Waals surface area (Å²) in [5.41, 5.74) is 1.60. The van der Waals surface area contributed by atoms with Gasteiger partial charge in [-0.05, 0) is 58.9 Å². The van der Waals surface area contributed by atoms with Gasteiger partial charge in [-0.25, -0.2) is 9.97 Å². The molecule has 0 spiro atoms. The molecule has 220 valence electrons. The summed E-state index contributed by atoms with van der Waals surface area (Å²) >= 11 is 1.68. The molecule has 3 aromatic heterocycles. The summed E-state index contributed by atoms with van der Waals surface area (Å²) in [7, 11) is -5.94. The van der Waals surface area contributed by atoms with Crippen LogP contribution >= 0.6 is 26.5 Å². The van der Waals surface area contributed by atoms with Gasteiger partial charge in [-0.15, -0.1) is 11.3 Å². The molecule has 0 aromatic carbocycles. The summed E-state index contributed by atoms with van der Waals surface area (Å²) in [5, 5.41) is 3.96. The highest BCUT2D eigenvalue weighted by atomic mass is 32.1. The molecule has 14 heteroatoms. The molecule has 0 saturated heterocycles. The number of nitrogens with zero attached hydrogens (tertiary/aromatic N) is 4. The monoisotopic (exact) mass is 611 g/mol. The van der Waals surface area contributed by atoms with Crippen molar-refractivity contribution in [2.45, 2.75) is 46.6 Å². The molecule has 0 bridgehead atoms. The second kappa shape index (κ2) is 15.2. The van der Waals surface area contributed by atoms with E-state index in [0.29, 0.717) is 5.82 Å². The Balaban J connectivity index is 1.75. The van der Waals surface area contributed by atoms with Crippen LogP contribution in [0.2, 0.25) is 0 Å². The van der Waals surface area contributed by atoms with Crippen LogP contribution in [0.25, 0.3) is 10.6 Å². The van der Waals surface area contributed by atoms with Gasteiger partial charge in [-0.1, -0.05) is 0 Å². The van der Waals surface area contributed by atoms with E-state index in [1.807, 2.05) is 25.2 Å². The molecule has 0 radical (unpaired) electrons. The third-order valence-electron chi connectivity index (χ3n) is 5.80. The number of aryl methyl sites for hydroxylation is 1. The van der Waals surface area contributed by atoms with Gasteiger partial charge in [0.1, 0.15) is 10.8 Å². The van der Waals surface area contributed by atoms with Crippen molar-refractivity contribution in [2.75, 3.05) is 50.2 Å². The molecule has 0 aliphatic rings. The molecule has 0 atom stereocenters. The molecule has 0 fully saturated rings. The van der Waals surface area contributed by atoms with Gasteiger partial charge in [0.25, 0.3) is 0 Å². The molecule has 0 saturated carbocycles. The van der Waals surface area contributed by atoms with Crippen molar-refractivity contribution in [1.82, 2.24) is 15.0 Å². The average Bonchev–Trinajstić information content (AvgIpc) is 3.32. The number of thiazole rings is 1. The minimum atomic E-state index is -3.96. The van der Waals surface area contributed by atoms with Gasteiger partial charge in [0.05, 0.1) is 44.0 Å². The summed E-state index contributed by atoms with van der Waals surface area (Å²) in [6, 6.07) is 7.52. The first-order valence-electron chi connectivity index (χ1n) is 13.3. The van der Waals surface area contributed by atoms with Crippen molar-refractivity contribution >= 4 is 38.0 Å². The van der Waals surface area contributed by atoms with E-state index < -0.39 is 20.7 Å². The molecule has 0 aliphatic heterocycles. The highest BCUT2D eigenvalue weighted by molar-refractivity contribution is 7.72. The number of pyridine rings is 2. The van der Waals surface area contributed by atoms with Crippen molar-refractivity contribution in [2.24, 2.45) is 0 Å². The first-order chi connectivity index (χ1) is 19.2. The Morgan fingerprint density at radius 1 is 0.925 bits per heavy atom. The molecule has 0 unspecified atom stereocenters. The number of nitrogens with one attached hydrogen (secondary N) is 1. The van der Waals surface area contributed by atoms with E-state index in [4.69, 9.17) is 23.1 Å². The van der Waals surface area contributed by atoms with E-state index in [9.17, 15) is 9.13 Å². The Labute approximate surface area is 240 Å². The molecule has 1 N–H and O–H groups in total. The summed E-state index contributed by atoms with van der Waals surface area (Å²) in [5.74, 6) is 0.332. The minimum absolute atomic E-state index is 0.0907. The van der Waals surface area contributed by atoms with Crippen molar-refractivity contribution in [3.8, 4) is 10.6 Å². The summed E-state index contributed by atoms with van der Waals surface area (Å²) < 4.78 is 49.5. The standard InChI is InChI=1S/C26H39N5O6P2S/c1-7-34-38(32,35-8-2)26(39(33,36-9-3)37-10-4)30-24-12-11-22(19-28-24)31(6)18-15-23-20(5)40-25(29-23)21-13-16-27-17-14-21/h11-14,16-17,19,26H,7-10,15,18H2,1-6H3,(H,28,30). The second-order valence-electron chi connectivity index (χ2n) is 8.60. The highest BCUT2D eigenvalue weighted by Crippen LogP contribution is 2.70. The number of anilines is 2. The van der Waals surface area contributed by atoms with Crippen LogP contribution in [0, 0.1) is 6.92 Å². The highest BCUT2D eigenvalue weighted by Gasteiger charge is 2.51. The Morgan fingerprint density at radius 3 is 2.00 bits per heavy atom. The Kier molecular flexibility index (Phi) is 12.3. The molecule has 0 aliphatic carbocycles. The van der Waals surface area contributed by atoms with Crippen LogP contribution in [0.1, 0.15) is 38.3 Å². The molecule has 40 heavy (non-hydrogen) atoms. The lowest BCUT2D eigenvalue weighted by Gasteiger charge is -2.32. The Bertz CT molecular complexity index is 1240. The summed E-state index contributed by atoms with van der Waals surface area (Å²) in [4.78, 5) is 16.7. The average molecular weight is 612 g/mol. The van der Waals surface area contributed by atoms with Gasteiger partial charge < -0.3 is 28.3 Å². The lowest BCUT2D eigenvalue weighted by Crippen LogP contribution is -2.26. The number of rotatable bonds is 17. The van der Waals surface area contributed by atoms with Crippen molar-refractivity contribution in [3.05, 3.63) is 53.4 Å². The predicted molar refractivity (Wildman–Crippen MR) is 160 cm³/mol. The first-order valence-corrected chi connectivity index (χ1v) is 17.3. The third kappa shape index (κ3) is 8.19. The van der Waals surface area contributed by atoms with Crippen molar-refractivity contribution in [1.29, 1.82) is 0 Å². The Morgan fingerprint density at radius 2 is 1.50 bits per heavy atom. The van der Waals surface area contributed by atoms with Crippen molar-refractivity contribution < 1.29 is 27.2 Å². The normalized spacial score (nSPS) is 12.2. The van der Waals surface area contributed by atoms with Crippen LogP contribution in [0.15, 0.2) is 42.9 Å². The van der Waals surface area contributed by atoms with Crippen molar-refractivity contribution in [3.63, 3.8) is 0 Å². The van der Waals surface area contributed by atoms with Crippen LogP contribution in [-0.2, 0) is 33.6 Å². The quantitative estimate of drug-likeness (QED) is 0.162. The van der Waals surface area contributed by atoms with Gasteiger partial charge in [-0.2, -0.15) is 0 Å². The van der Waals surface area contributed by atoms with E-state index in [0.717, 1.165) is 34.9 Å². The van der Waals surface area contributed by atoms with Gasteiger partial charge in [-0.3, -0.25) is 14.1 Å². The van der Waals surface area contributed by atoms with Gasteiger partial charge in [0, 0.05) is 42.8 Å². The third-order valence-corrected chi connectivity index (χ3v) is 12.5. The van der Waals surface area contributed by atoms with Crippen LogP contribution in [0.3, 0.4) is 0 Å². The zero-order valence-corrected chi connectivity index (χ0v) is 26.5. The zero-order valence-electron chi connectivity index (χ0n) is 23.9. The number of aromatic nitrogens is 3. The fourth-order valence-electron chi connectivity index (χ4n) is 3.92. The number of hydrogen-bond donors (Lipinski definition) is 1. The van der Waals surface area contributed by atoms with E-state index >= 15 is 0 Å². The maximum Gasteiger partial charge on any atom is 0.365 e. The van der Waals surface area contributed by atoms with E-state index in [1.165, 1.54) is 4.88 Å². The molecular formula is C26H39N5O6P2S. The van der Waals surface area contributed by atoms with E-state index in [2.05, 4.69) is 27.1 Å². The maximum absolute atomic E-state index is 13.7. The molecular weight excluding hydrogens is 572 g/mol. The Hall–Kier alpha value is -2.17. The van der Waals surface area contributed by atoms with Gasteiger partial charge in [0.15, 0.2) is 0 Å². The number of hydrogen-bond acceptors (Lipinski definition) is 12. The van der Waals surface area contributed by atoms with Crippen LogP contribution in [0.5, 0.6) is 0 Å². The van der Waals surface area contributed by atoms with Gasteiger partial charge in [0.2, 0.25) is 5.52 Å². The van der Waals surface area contributed by atoms with Gasteiger partial charge >= 0.3 is 15.2 Å². The molecule has 3 heterocycles. The molecule has 11 nitrogen and oxygen atoms in total. The predicted octanol–water partition coefficient (Wildman–Crippen LogP) is 6.82. The molecule has 3 rings (SSSR count). The van der Waals surface area contributed by atoms with Crippen LogP contribution in [0.4, 0.5) is 11.5 Å². The van der Waals surface area contributed by atoms with E-state index in [-0.39, 0.29) is 26.4 Å². The number of likely N-dealkylation sites (N-methyl/N-ethyl adjacent to an activating group) is 1. The SMILES string of the molecule is CCOP(=O)(OCC)C(Nc1ccc(N(C)CCc2nc(-c3ccncc3)sc2C)cn1)P(=O)(OCC)OCC. The second-order valence-corrected chi connectivity index (χ2v) is 14.4. The lowest BCUT2D eigenvalue weighted by atomic mass is 10.2. The summed E-state index contributed by atoms with van der Waals surface area (Å²) in [6.07, 6.45) is 6.00. The maximum atomic E-state index is 13.7. The smallest absolute Gasteiger partial charge is 0.365 e.